The molecular formula is C19H31N3OS. The first-order valence-corrected chi connectivity index (χ1v) is 10.1. The van der Waals surface area contributed by atoms with Gasteiger partial charge in [-0.3, -0.25) is 9.69 Å². The molecule has 0 saturated carbocycles. The fourth-order valence-electron chi connectivity index (χ4n) is 4.25. The Morgan fingerprint density at radius 1 is 1.38 bits per heavy atom. The number of piperidine rings is 1. The van der Waals surface area contributed by atoms with Crippen molar-refractivity contribution in [3.63, 3.8) is 0 Å². The molecule has 0 radical (unpaired) electrons. The number of carbonyl (C=O) groups is 1. The van der Waals surface area contributed by atoms with E-state index in [-0.39, 0.29) is 11.9 Å². The summed E-state index contributed by atoms with van der Waals surface area (Å²) in [4.78, 5) is 20.3. The second kappa shape index (κ2) is 7.54. The summed E-state index contributed by atoms with van der Waals surface area (Å²) in [6.07, 6.45) is 4.62. The van der Waals surface area contributed by atoms with Crippen LogP contribution in [0, 0.1) is 12.3 Å². The Hall–Kier alpha value is -0.910. The van der Waals surface area contributed by atoms with E-state index in [9.17, 15) is 4.79 Å². The second-order valence-electron chi connectivity index (χ2n) is 7.72. The lowest BCUT2D eigenvalue weighted by atomic mass is 9.76. The first-order chi connectivity index (χ1) is 11.5. The zero-order chi connectivity index (χ0) is 17.2. The number of nitrogens with one attached hydrogen (secondary N) is 1. The van der Waals surface area contributed by atoms with Crippen molar-refractivity contribution in [2.24, 2.45) is 5.41 Å². The molecule has 1 N–H and O–H groups in total. The second-order valence-corrected chi connectivity index (χ2v) is 9.10. The molecule has 1 unspecified atom stereocenters. The average molecular weight is 350 g/mol. The number of thiophene rings is 1. The van der Waals surface area contributed by atoms with Crippen LogP contribution in [0.3, 0.4) is 0 Å². The van der Waals surface area contributed by atoms with Gasteiger partial charge in [-0.2, -0.15) is 0 Å². The Labute approximate surface area is 150 Å². The Morgan fingerprint density at radius 2 is 2.12 bits per heavy atom. The molecule has 3 rings (SSSR count). The first kappa shape index (κ1) is 17.9. The molecule has 1 aromatic rings. The highest BCUT2D eigenvalue weighted by molar-refractivity contribution is 7.11. The van der Waals surface area contributed by atoms with Crippen LogP contribution >= 0.6 is 11.3 Å². The lowest BCUT2D eigenvalue weighted by molar-refractivity contribution is -0.125. The molecule has 5 heteroatoms. The maximum absolute atomic E-state index is 12.8. The molecule has 1 amide bonds. The van der Waals surface area contributed by atoms with Gasteiger partial charge in [-0.15, -0.1) is 11.3 Å². The highest BCUT2D eigenvalue weighted by atomic mass is 32.1. The van der Waals surface area contributed by atoms with E-state index in [1.165, 1.54) is 35.7 Å². The number of hydrogen-bond acceptors (Lipinski definition) is 4. The van der Waals surface area contributed by atoms with Gasteiger partial charge in [0, 0.05) is 16.3 Å². The fourth-order valence-corrected chi connectivity index (χ4v) is 5.08. The third-order valence-electron chi connectivity index (χ3n) is 5.70. The van der Waals surface area contributed by atoms with Crippen molar-refractivity contribution in [3.05, 3.63) is 21.9 Å². The van der Waals surface area contributed by atoms with Crippen LogP contribution in [0.2, 0.25) is 0 Å². The molecule has 24 heavy (non-hydrogen) atoms. The van der Waals surface area contributed by atoms with Crippen molar-refractivity contribution in [2.75, 3.05) is 33.2 Å². The summed E-state index contributed by atoms with van der Waals surface area (Å²) in [7, 11) is 2.21. The third kappa shape index (κ3) is 4.01. The van der Waals surface area contributed by atoms with Crippen LogP contribution in [0.5, 0.6) is 0 Å². The summed E-state index contributed by atoms with van der Waals surface area (Å²) in [6, 6.07) is 4.31. The van der Waals surface area contributed by atoms with Crippen LogP contribution in [0.25, 0.3) is 0 Å². The van der Waals surface area contributed by atoms with Crippen LogP contribution in [0.1, 0.15) is 42.4 Å². The van der Waals surface area contributed by atoms with E-state index in [1.54, 1.807) is 11.3 Å². The predicted octanol–water partition coefficient (Wildman–Crippen LogP) is 2.87. The Bertz CT molecular complexity index is 563. The monoisotopic (exact) mass is 349 g/mol. The maximum Gasteiger partial charge on any atom is 0.237 e. The van der Waals surface area contributed by atoms with E-state index >= 15 is 0 Å². The largest absolute Gasteiger partial charge is 0.350 e. The number of carbonyl (C=O) groups excluding carboxylic acids is 1. The van der Waals surface area contributed by atoms with Crippen molar-refractivity contribution in [1.29, 1.82) is 0 Å². The van der Waals surface area contributed by atoms with Gasteiger partial charge in [-0.1, -0.05) is 6.92 Å². The van der Waals surface area contributed by atoms with E-state index in [1.807, 2.05) is 0 Å². The van der Waals surface area contributed by atoms with Gasteiger partial charge in [0.15, 0.2) is 0 Å². The number of nitrogens with zero attached hydrogens (tertiary/aromatic N) is 2. The fraction of sp³-hybridized carbons (Fsp3) is 0.737. The lowest BCUT2D eigenvalue weighted by Gasteiger charge is -2.37. The summed E-state index contributed by atoms with van der Waals surface area (Å²) in [5.74, 6) is 0.227. The van der Waals surface area contributed by atoms with E-state index in [2.05, 4.69) is 48.1 Å². The Balaban J connectivity index is 1.62. The zero-order valence-corrected chi connectivity index (χ0v) is 16.1. The van der Waals surface area contributed by atoms with Crippen LogP contribution in [0.4, 0.5) is 0 Å². The minimum Gasteiger partial charge on any atom is -0.350 e. The first-order valence-electron chi connectivity index (χ1n) is 9.27. The summed E-state index contributed by atoms with van der Waals surface area (Å²) in [6.45, 7) is 9.47. The molecule has 134 valence electrons. The number of rotatable bonds is 5. The lowest BCUT2D eigenvalue weighted by Crippen LogP contribution is -2.43. The summed E-state index contributed by atoms with van der Waals surface area (Å²) in [5.41, 5.74) is 0.364. The number of amides is 1. The van der Waals surface area contributed by atoms with E-state index in [0.29, 0.717) is 12.0 Å². The smallest absolute Gasteiger partial charge is 0.237 e. The van der Waals surface area contributed by atoms with Gasteiger partial charge in [0.05, 0.1) is 12.6 Å². The van der Waals surface area contributed by atoms with Crippen LogP contribution in [-0.2, 0) is 11.3 Å². The van der Waals surface area contributed by atoms with E-state index < -0.39 is 0 Å². The van der Waals surface area contributed by atoms with Crippen molar-refractivity contribution in [1.82, 2.24) is 15.1 Å². The van der Waals surface area contributed by atoms with Gasteiger partial charge >= 0.3 is 0 Å². The third-order valence-corrected chi connectivity index (χ3v) is 6.70. The Kier molecular flexibility index (Phi) is 5.63. The van der Waals surface area contributed by atoms with Gasteiger partial charge in [-0.05, 0) is 76.8 Å². The van der Waals surface area contributed by atoms with Crippen molar-refractivity contribution >= 4 is 17.2 Å². The molecule has 0 bridgehead atoms. The van der Waals surface area contributed by atoms with Gasteiger partial charge in [0.2, 0.25) is 5.91 Å². The molecule has 3 heterocycles. The van der Waals surface area contributed by atoms with Crippen LogP contribution in [0.15, 0.2) is 12.1 Å². The van der Waals surface area contributed by atoms with Crippen molar-refractivity contribution in [2.45, 2.75) is 52.1 Å². The molecule has 0 aromatic carbocycles. The molecule has 2 aliphatic rings. The molecule has 1 atom stereocenters. The number of aryl methyl sites for hydroxylation is 1. The SMILES string of the molecule is CCCN1CC2(CCN(C)CC2)CC1C(=O)NCc1ccc(C)s1. The average Bonchev–Trinajstić information content (AvgIpc) is 3.13. The van der Waals surface area contributed by atoms with Gasteiger partial charge in [0.25, 0.3) is 0 Å². The van der Waals surface area contributed by atoms with Gasteiger partial charge in [0.1, 0.15) is 0 Å². The minimum atomic E-state index is 0.0643. The highest BCUT2D eigenvalue weighted by Crippen LogP contribution is 2.43. The standard InChI is InChI=1S/C19H31N3OS/c1-4-9-22-14-19(7-10-21(3)11-8-19)12-17(22)18(23)20-13-16-6-5-15(2)24-16/h5-6,17H,4,7-14H2,1-3H3,(H,20,23). The molecule has 2 saturated heterocycles. The van der Waals surface area contributed by atoms with Crippen molar-refractivity contribution < 1.29 is 4.79 Å². The minimum absolute atomic E-state index is 0.0643. The molecule has 1 spiro atoms. The molecule has 2 fully saturated rings. The quantitative estimate of drug-likeness (QED) is 0.888. The van der Waals surface area contributed by atoms with Gasteiger partial charge in [-0.25, -0.2) is 0 Å². The van der Waals surface area contributed by atoms with Gasteiger partial charge < -0.3 is 10.2 Å². The summed E-state index contributed by atoms with van der Waals surface area (Å²) < 4.78 is 0. The Morgan fingerprint density at radius 3 is 2.75 bits per heavy atom. The van der Waals surface area contributed by atoms with Crippen molar-refractivity contribution in [3.8, 4) is 0 Å². The molecular weight excluding hydrogens is 318 g/mol. The molecule has 0 aliphatic carbocycles. The molecule has 2 aliphatic heterocycles. The number of hydrogen-bond donors (Lipinski definition) is 1. The van der Waals surface area contributed by atoms with Crippen LogP contribution in [-0.4, -0.2) is 55.0 Å². The maximum atomic E-state index is 12.8. The predicted molar refractivity (Wildman–Crippen MR) is 100 cm³/mol. The molecule has 4 nitrogen and oxygen atoms in total. The number of likely N-dealkylation sites (tertiary alicyclic amines) is 2. The summed E-state index contributed by atoms with van der Waals surface area (Å²) in [5, 5.41) is 3.19. The highest BCUT2D eigenvalue weighted by Gasteiger charge is 2.47. The topological polar surface area (TPSA) is 35.6 Å². The van der Waals surface area contributed by atoms with E-state index in [0.717, 1.165) is 25.9 Å². The van der Waals surface area contributed by atoms with Crippen LogP contribution < -0.4 is 5.32 Å². The zero-order valence-electron chi connectivity index (χ0n) is 15.3. The summed E-state index contributed by atoms with van der Waals surface area (Å²) >= 11 is 1.77. The van der Waals surface area contributed by atoms with E-state index in [4.69, 9.17) is 0 Å². The normalized spacial score (nSPS) is 24.5. The molecule has 1 aromatic heterocycles.